The molecule has 3 amide bonds. The molecule has 1 aromatic carbocycles. The molecule has 0 aliphatic carbocycles. The third-order valence-electron chi connectivity index (χ3n) is 4.36. The highest BCUT2D eigenvalue weighted by molar-refractivity contribution is 6.23. The van der Waals surface area contributed by atoms with Crippen molar-refractivity contribution in [2.45, 2.75) is 25.8 Å². The SMILES string of the molecule is COC(=O)c1ccccc1N1C(=O)[C@H]2C[C@H](C)CCN2C1=O. The van der Waals surface area contributed by atoms with E-state index in [1.54, 1.807) is 29.2 Å². The van der Waals surface area contributed by atoms with Crippen LogP contribution in [0.3, 0.4) is 0 Å². The van der Waals surface area contributed by atoms with Crippen molar-refractivity contribution >= 4 is 23.6 Å². The minimum atomic E-state index is -0.561. The fraction of sp³-hybridized carbons (Fsp3) is 0.438. The van der Waals surface area contributed by atoms with E-state index < -0.39 is 12.0 Å². The Balaban J connectivity index is 2.01. The largest absolute Gasteiger partial charge is 0.465 e. The van der Waals surface area contributed by atoms with Crippen LogP contribution in [0.1, 0.15) is 30.1 Å². The molecule has 0 radical (unpaired) electrons. The van der Waals surface area contributed by atoms with Crippen LogP contribution in [0, 0.1) is 5.92 Å². The minimum absolute atomic E-state index is 0.222. The number of nitrogens with zero attached hydrogens (tertiary/aromatic N) is 2. The van der Waals surface area contributed by atoms with Gasteiger partial charge in [0.05, 0.1) is 18.4 Å². The summed E-state index contributed by atoms with van der Waals surface area (Å²) in [6.07, 6.45) is 1.56. The van der Waals surface area contributed by atoms with Crippen LogP contribution in [-0.4, -0.2) is 42.5 Å². The van der Waals surface area contributed by atoms with Crippen molar-refractivity contribution in [3.63, 3.8) is 0 Å². The Hall–Kier alpha value is -2.37. The second-order valence-corrected chi connectivity index (χ2v) is 5.80. The van der Waals surface area contributed by atoms with Gasteiger partial charge in [0.1, 0.15) is 6.04 Å². The number of benzene rings is 1. The van der Waals surface area contributed by atoms with E-state index in [0.717, 1.165) is 11.3 Å². The van der Waals surface area contributed by atoms with Crippen LogP contribution in [0.5, 0.6) is 0 Å². The van der Waals surface area contributed by atoms with Crippen molar-refractivity contribution in [2.24, 2.45) is 5.92 Å². The fourth-order valence-corrected chi connectivity index (χ4v) is 3.15. The summed E-state index contributed by atoms with van der Waals surface area (Å²) in [6, 6.07) is 5.77. The van der Waals surface area contributed by atoms with Gasteiger partial charge in [-0.25, -0.2) is 14.5 Å². The van der Waals surface area contributed by atoms with Crippen LogP contribution in [0.25, 0.3) is 0 Å². The Morgan fingerprint density at radius 2 is 2.00 bits per heavy atom. The molecule has 2 heterocycles. The van der Waals surface area contributed by atoms with Crippen LogP contribution in [0.4, 0.5) is 10.5 Å². The van der Waals surface area contributed by atoms with E-state index in [9.17, 15) is 14.4 Å². The number of ether oxygens (including phenoxy) is 1. The van der Waals surface area contributed by atoms with Gasteiger partial charge in [-0.3, -0.25) is 4.79 Å². The molecule has 2 aliphatic heterocycles. The molecule has 22 heavy (non-hydrogen) atoms. The van der Waals surface area contributed by atoms with Crippen molar-refractivity contribution < 1.29 is 19.1 Å². The van der Waals surface area contributed by atoms with Crippen molar-refractivity contribution in [3.05, 3.63) is 29.8 Å². The lowest BCUT2D eigenvalue weighted by Gasteiger charge is -2.30. The zero-order valence-corrected chi connectivity index (χ0v) is 12.6. The summed E-state index contributed by atoms with van der Waals surface area (Å²) in [7, 11) is 1.28. The summed E-state index contributed by atoms with van der Waals surface area (Å²) in [5.74, 6) is -0.406. The first kappa shape index (κ1) is 14.6. The van der Waals surface area contributed by atoms with Crippen LogP contribution in [0.15, 0.2) is 24.3 Å². The number of amides is 3. The molecule has 116 valence electrons. The summed E-state index contributed by atoms with van der Waals surface area (Å²) < 4.78 is 4.74. The molecule has 6 nitrogen and oxygen atoms in total. The van der Waals surface area contributed by atoms with E-state index in [-0.39, 0.29) is 17.5 Å². The van der Waals surface area contributed by atoms with E-state index in [2.05, 4.69) is 6.92 Å². The van der Waals surface area contributed by atoms with Crippen molar-refractivity contribution in [2.75, 3.05) is 18.6 Å². The molecule has 2 saturated heterocycles. The van der Waals surface area contributed by atoms with Gasteiger partial charge in [0, 0.05) is 6.54 Å². The van der Waals surface area contributed by atoms with Gasteiger partial charge in [-0.05, 0) is 30.9 Å². The highest BCUT2D eigenvalue weighted by Gasteiger charge is 2.48. The number of anilines is 1. The topological polar surface area (TPSA) is 66.9 Å². The van der Waals surface area contributed by atoms with Crippen LogP contribution in [0.2, 0.25) is 0 Å². The molecular weight excluding hydrogens is 284 g/mol. The molecule has 0 bridgehead atoms. The maximum Gasteiger partial charge on any atom is 0.339 e. The van der Waals surface area contributed by atoms with E-state index in [0.29, 0.717) is 24.6 Å². The summed E-state index contributed by atoms with van der Waals surface area (Å²) >= 11 is 0. The molecule has 0 aromatic heterocycles. The van der Waals surface area contributed by atoms with Crippen LogP contribution >= 0.6 is 0 Å². The first-order chi connectivity index (χ1) is 10.5. The number of carbonyl (C=O) groups excluding carboxylic acids is 3. The molecular formula is C16H18N2O4. The Morgan fingerprint density at radius 3 is 2.73 bits per heavy atom. The van der Waals surface area contributed by atoms with Crippen molar-refractivity contribution in [1.29, 1.82) is 0 Å². The van der Waals surface area contributed by atoms with Gasteiger partial charge in [-0.15, -0.1) is 0 Å². The molecule has 0 saturated carbocycles. The number of para-hydroxylation sites is 1. The highest BCUT2D eigenvalue weighted by Crippen LogP contribution is 2.34. The normalized spacial score (nSPS) is 24.5. The third kappa shape index (κ3) is 2.15. The molecule has 0 spiro atoms. The average Bonchev–Trinajstić information content (AvgIpc) is 2.77. The number of methoxy groups -OCH3 is 1. The second-order valence-electron chi connectivity index (χ2n) is 5.80. The number of urea groups is 1. The third-order valence-corrected chi connectivity index (χ3v) is 4.36. The van der Waals surface area contributed by atoms with Gasteiger partial charge >= 0.3 is 12.0 Å². The molecule has 6 heteroatoms. The Bertz CT molecular complexity index is 643. The fourth-order valence-electron chi connectivity index (χ4n) is 3.15. The highest BCUT2D eigenvalue weighted by atomic mass is 16.5. The standard InChI is InChI=1S/C16H18N2O4/c1-10-7-8-17-13(9-10)14(19)18(16(17)21)12-6-4-3-5-11(12)15(20)22-2/h3-6,10,13H,7-9H2,1-2H3/t10-,13-/m1/s1. The molecule has 2 aliphatic rings. The lowest BCUT2D eigenvalue weighted by atomic mass is 9.93. The Labute approximate surface area is 128 Å². The molecule has 2 atom stereocenters. The number of piperidine rings is 1. The lowest BCUT2D eigenvalue weighted by molar-refractivity contribution is -0.120. The first-order valence-electron chi connectivity index (χ1n) is 7.36. The quantitative estimate of drug-likeness (QED) is 0.619. The average molecular weight is 302 g/mol. The number of fused-ring (bicyclic) bond motifs is 1. The predicted octanol–water partition coefficient (Wildman–Crippen LogP) is 2.04. The summed E-state index contributed by atoms with van der Waals surface area (Å²) in [4.78, 5) is 39.9. The minimum Gasteiger partial charge on any atom is -0.465 e. The number of hydrogen-bond acceptors (Lipinski definition) is 4. The maximum atomic E-state index is 12.7. The van der Waals surface area contributed by atoms with E-state index in [1.165, 1.54) is 7.11 Å². The molecule has 0 N–H and O–H groups in total. The predicted molar refractivity (Wildman–Crippen MR) is 79.6 cm³/mol. The smallest absolute Gasteiger partial charge is 0.339 e. The zero-order chi connectivity index (χ0) is 15.9. The van der Waals surface area contributed by atoms with Gasteiger partial charge in [0.15, 0.2) is 0 Å². The van der Waals surface area contributed by atoms with Crippen molar-refractivity contribution in [1.82, 2.24) is 4.90 Å². The monoisotopic (exact) mass is 302 g/mol. The molecule has 0 unspecified atom stereocenters. The zero-order valence-electron chi connectivity index (χ0n) is 12.6. The van der Waals surface area contributed by atoms with Crippen LogP contribution < -0.4 is 4.90 Å². The van der Waals surface area contributed by atoms with E-state index >= 15 is 0 Å². The molecule has 2 fully saturated rings. The van der Waals surface area contributed by atoms with Crippen LogP contribution in [-0.2, 0) is 9.53 Å². The molecule has 3 rings (SSSR count). The number of hydrogen-bond donors (Lipinski definition) is 0. The molecule has 1 aromatic rings. The number of esters is 1. The van der Waals surface area contributed by atoms with Gasteiger partial charge in [0.25, 0.3) is 5.91 Å². The van der Waals surface area contributed by atoms with E-state index in [1.807, 2.05) is 0 Å². The van der Waals surface area contributed by atoms with Gasteiger partial charge in [-0.2, -0.15) is 0 Å². The number of rotatable bonds is 2. The summed E-state index contributed by atoms with van der Waals surface area (Å²) in [6.45, 7) is 2.66. The Kier molecular flexibility index (Phi) is 3.60. The van der Waals surface area contributed by atoms with Gasteiger partial charge in [0.2, 0.25) is 0 Å². The Morgan fingerprint density at radius 1 is 1.27 bits per heavy atom. The first-order valence-corrected chi connectivity index (χ1v) is 7.36. The number of imide groups is 1. The summed E-state index contributed by atoms with van der Waals surface area (Å²) in [5.41, 5.74) is 0.519. The maximum absolute atomic E-state index is 12.7. The van der Waals surface area contributed by atoms with Gasteiger partial charge < -0.3 is 9.64 Å². The second kappa shape index (κ2) is 5.44. The number of carbonyl (C=O) groups is 3. The summed E-state index contributed by atoms with van der Waals surface area (Å²) in [5, 5.41) is 0. The lowest BCUT2D eigenvalue weighted by Crippen LogP contribution is -2.41. The van der Waals surface area contributed by atoms with Crippen molar-refractivity contribution in [3.8, 4) is 0 Å². The van der Waals surface area contributed by atoms with Gasteiger partial charge in [-0.1, -0.05) is 19.1 Å². The van der Waals surface area contributed by atoms with E-state index in [4.69, 9.17) is 4.74 Å².